The zero-order valence-corrected chi connectivity index (χ0v) is 8.85. The predicted octanol–water partition coefficient (Wildman–Crippen LogP) is 2.80. The molecule has 0 fully saturated rings. The van der Waals surface area contributed by atoms with Gasteiger partial charge in [-0.05, 0) is 36.8 Å². The van der Waals surface area contributed by atoms with E-state index in [1.807, 2.05) is 32.3 Å². The number of hydrogen-bond acceptors (Lipinski definition) is 3. The summed E-state index contributed by atoms with van der Waals surface area (Å²) in [7, 11) is 4.01. The van der Waals surface area contributed by atoms with E-state index in [-0.39, 0.29) is 0 Å². The molecule has 1 aromatic carbocycles. The maximum atomic E-state index is 4.55. The van der Waals surface area contributed by atoms with Crippen molar-refractivity contribution in [2.45, 2.75) is 6.92 Å². The number of isothiocyanates is 1. The summed E-state index contributed by atoms with van der Waals surface area (Å²) < 4.78 is 0. The third-order valence-corrected chi connectivity index (χ3v) is 1.94. The Kier molecular flexibility index (Phi) is 3.18. The Morgan fingerprint density at radius 2 is 2.08 bits per heavy atom. The van der Waals surface area contributed by atoms with Crippen LogP contribution in [-0.2, 0) is 0 Å². The topological polar surface area (TPSA) is 15.6 Å². The Bertz CT molecular complexity index is 352. The maximum Gasteiger partial charge on any atom is 0.0760 e. The van der Waals surface area contributed by atoms with E-state index in [2.05, 4.69) is 34.2 Å². The molecule has 1 rings (SSSR count). The average Bonchev–Trinajstić information content (AvgIpc) is 2.08. The molecule has 0 aliphatic carbocycles. The number of rotatable bonds is 2. The fourth-order valence-electron chi connectivity index (χ4n) is 1.20. The molecule has 13 heavy (non-hydrogen) atoms. The predicted molar refractivity (Wildman–Crippen MR) is 60.2 cm³/mol. The highest BCUT2D eigenvalue weighted by Gasteiger charge is 2.00. The molecule has 0 radical (unpaired) electrons. The molecule has 0 saturated carbocycles. The zero-order chi connectivity index (χ0) is 9.84. The zero-order valence-electron chi connectivity index (χ0n) is 8.03. The SMILES string of the molecule is Cc1ccc(N=C=S)cc1N(C)C. The third kappa shape index (κ3) is 2.38. The van der Waals surface area contributed by atoms with E-state index >= 15 is 0 Å². The summed E-state index contributed by atoms with van der Waals surface area (Å²) in [5.74, 6) is 0. The van der Waals surface area contributed by atoms with Gasteiger partial charge in [-0.2, -0.15) is 4.99 Å². The second-order valence-corrected chi connectivity index (χ2v) is 3.25. The van der Waals surface area contributed by atoms with Crippen LogP contribution in [-0.4, -0.2) is 19.3 Å². The summed E-state index contributed by atoms with van der Waals surface area (Å²) >= 11 is 4.55. The Labute approximate surface area is 83.9 Å². The number of thiocarbonyl (C=S) groups is 1. The van der Waals surface area contributed by atoms with Crippen LogP contribution in [0.2, 0.25) is 0 Å². The lowest BCUT2D eigenvalue weighted by Gasteiger charge is -2.15. The Morgan fingerprint density at radius 1 is 1.38 bits per heavy atom. The maximum absolute atomic E-state index is 4.55. The quantitative estimate of drug-likeness (QED) is 0.529. The van der Waals surface area contributed by atoms with Gasteiger partial charge < -0.3 is 4.90 Å². The first-order valence-corrected chi connectivity index (χ1v) is 4.42. The van der Waals surface area contributed by atoms with Gasteiger partial charge in [0.05, 0.1) is 10.8 Å². The van der Waals surface area contributed by atoms with Crippen LogP contribution in [0, 0.1) is 6.92 Å². The summed E-state index contributed by atoms with van der Waals surface area (Å²) in [5, 5.41) is 2.36. The van der Waals surface area contributed by atoms with Crippen LogP contribution in [0.25, 0.3) is 0 Å². The van der Waals surface area contributed by atoms with Crippen molar-refractivity contribution in [3.05, 3.63) is 23.8 Å². The number of hydrogen-bond donors (Lipinski definition) is 0. The minimum atomic E-state index is 0.851. The first kappa shape index (κ1) is 9.90. The molecule has 0 saturated heterocycles. The van der Waals surface area contributed by atoms with Crippen molar-refractivity contribution < 1.29 is 0 Å². The van der Waals surface area contributed by atoms with Crippen LogP contribution >= 0.6 is 12.2 Å². The van der Waals surface area contributed by atoms with Gasteiger partial charge in [-0.1, -0.05) is 6.07 Å². The Morgan fingerprint density at radius 3 is 2.62 bits per heavy atom. The van der Waals surface area contributed by atoms with Crippen LogP contribution in [0.15, 0.2) is 23.2 Å². The highest BCUT2D eigenvalue weighted by molar-refractivity contribution is 7.78. The van der Waals surface area contributed by atoms with Gasteiger partial charge in [0.25, 0.3) is 0 Å². The van der Waals surface area contributed by atoms with E-state index < -0.39 is 0 Å². The molecule has 0 aliphatic heterocycles. The fourth-order valence-corrected chi connectivity index (χ4v) is 1.31. The molecule has 0 N–H and O–H groups in total. The molecular formula is C10H12N2S. The molecule has 0 aliphatic rings. The van der Waals surface area contributed by atoms with Crippen molar-refractivity contribution >= 4 is 28.8 Å². The molecular weight excluding hydrogens is 180 g/mol. The van der Waals surface area contributed by atoms with Gasteiger partial charge in [-0.3, -0.25) is 0 Å². The van der Waals surface area contributed by atoms with Crippen LogP contribution in [0.1, 0.15) is 5.56 Å². The lowest BCUT2D eigenvalue weighted by molar-refractivity contribution is 1.11. The van der Waals surface area contributed by atoms with Crippen LogP contribution in [0.5, 0.6) is 0 Å². The second-order valence-electron chi connectivity index (χ2n) is 3.07. The monoisotopic (exact) mass is 192 g/mol. The standard InChI is InChI=1S/C10H12N2S/c1-8-4-5-9(11-7-13)6-10(8)12(2)3/h4-6H,1-3H3. The largest absolute Gasteiger partial charge is 0.377 e. The molecule has 68 valence electrons. The van der Waals surface area contributed by atoms with E-state index in [1.165, 1.54) is 5.56 Å². The van der Waals surface area contributed by atoms with Crippen LogP contribution in [0.3, 0.4) is 0 Å². The van der Waals surface area contributed by atoms with Gasteiger partial charge in [0.2, 0.25) is 0 Å². The molecule has 0 atom stereocenters. The first-order chi connectivity index (χ1) is 6.15. The normalized spacial score (nSPS) is 9.15. The molecule has 3 heteroatoms. The minimum Gasteiger partial charge on any atom is -0.377 e. The number of aliphatic imine (C=N–C) groups is 1. The molecule has 0 unspecified atom stereocenters. The van der Waals surface area contributed by atoms with Crippen molar-refractivity contribution in [1.82, 2.24) is 0 Å². The lowest BCUT2D eigenvalue weighted by atomic mass is 10.1. The summed E-state index contributed by atoms with van der Waals surface area (Å²) in [4.78, 5) is 5.98. The molecule has 0 aromatic heterocycles. The van der Waals surface area contributed by atoms with Gasteiger partial charge in [0.1, 0.15) is 0 Å². The molecule has 0 spiro atoms. The highest BCUT2D eigenvalue weighted by atomic mass is 32.1. The van der Waals surface area contributed by atoms with Gasteiger partial charge in [-0.25, -0.2) is 0 Å². The van der Waals surface area contributed by atoms with Crippen molar-refractivity contribution in [1.29, 1.82) is 0 Å². The molecule has 0 amide bonds. The molecule has 0 heterocycles. The van der Waals surface area contributed by atoms with Crippen LogP contribution < -0.4 is 4.90 Å². The van der Waals surface area contributed by atoms with Gasteiger partial charge >= 0.3 is 0 Å². The summed E-state index contributed by atoms with van der Waals surface area (Å²) in [6, 6.07) is 5.96. The van der Waals surface area contributed by atoms with E-state index in [9.17, 15) is 0 Å². The third-order valence-electron chi connectivity index (χ3n) is 1.85. The van der Waals surface area contributed by atoms with Gasteiger partial charge in [0, 0.05) is 19.8 Å². The fraction of sp³-hybridized carbons (Fsp3) is 0.300. The van der Waals surface area contributed by atoms with Crippen molar-refractivity contribution in [2.75, 3.05) is 19.0 Å². The minimum absolute atomic E-state index is 0.851. The van der Waals surface area contributed by atoms with E-state index in [4.69, 9.17) is 0 Å². The number of benzene rings is 1. The smallest absolute Gasteiger partial charge is 0.0760 e. The van der Waals surface area contributed by atoms with Crippen LogP contribution in [0.4, 0.5) is 11.4 Å². The van der Waals surface area contributed by atoms with Gasteiger partial charge in [0.15, 0.2) is 0 Å². The van der Waals surface area contributed by atoms with E-state index in [0.717, 1.165) is 11.4 Å². The first-order valence-electron chi connectivity index (χ1n) is 4.01. The lowest BCUT2D eigenvalue weighted by Crippen LogP contribution is -2.09. The van der Waals surface area contributed by atoms with Crippen molar-refractivity contribution in [3.63, 3.8) is 0 Å². The van der Waals surface area contributed by atoms with Gasteiger partial charge in [-0.15, -0.1) is 0 Å². The van der Waals surface area contributed by atoms with Crippen molar-refractivity contribution in [2.24, 2.45) is 4.99 Å². The number of anilines is 1. The second kappa shape index (κ2) is 4.17. The van der Waals surface area contributed by atoms with E-state index in [1.54, 1.807) is 0 Å². The Balaban J connectivity index is 3.18. The van der Waals surface area contributed by atoms with E-state index in [0.29, 0.717) is 0 Å². The summed E-state index contributed by atoms with van der Waals surface area (Å²) in [6.07, 6.45) is 0. The molecule has 2 nitrogen and oxygen atoms in total. The average molecular weight is 192 g/mol. The molecule has 0 bridgehead atoms. The summed E-state index contributed by atoms with van der Waals surface area (Å²) in [6.45, 7) is 2.07. The number of aryl methyl sites for hydroxylation is 1. The van der Waals surface area contributed by atoms with Crippen molar-refractivity contribution in [3.8, 4) is 0 Å². The Hall–Kier alpha value is -1.18. The summed E-state index contributed by atoms with van der Waals surface area (Å²) in [5.41, 5.74) is 3.24. The number of nitrogens with zero attached hydrogens (tertiary/aromatic N) is 2. The molecule has 1 aromatic rings. The highest BCUT2D eigenvalue weighted by Crippen LogP contribution is 2.23.